The molecule has 4 nitrogen and oxygen atoms in total. The maximum Gasteiger partial charge on any atom is 0.265 e. The van der Waals surface area contributed by atoms with E-state index in [1.165, 1.54) is 11.3 Å². The largest absolute Gasteiger partial charge is 0.495 e. The lowest BCUT2D eigenvalue weighted by Gasteiger charge is -2.15. The van der Waals surface area contributed by atoms with Crippen molar-refractivity contribution in [3.05, 3.63) is 41.3 Å². The SMILES string of the molecule is COc1cc(-c2ccccc2)sc1C(=O)NC(CN)C1CC1.Cl. The van der Waals surface area contributed by atoms with E-state index in [1.807, 2.05) is 36.4 Å². The van der Waals surface area contributed by atoms with Gasteiger partial charge < -0.3 is 15.8 Å². The van der Waals surface area contributed by atoms with E-state index >= 15 is 0 Å². The third kappa shape index (κ3) is 4.05. The molecule has 3 rings (SSSR count). The molecule has 3 N–H and O–H groups in total. The molecule has 1 amide bonds. The molecule has 6 heteroatoms. The van der Waals surface area contributed by atoms with Crippen LogP contribution in [-0.4, -0.2) is 25.6 Å². The molecule has 0 radical (unpaired) electrons. The Balaban J connectivity index is 0.00000192. The van der Waals surface area contributed by atoms with Gasteiger partial charge in [0.05, 0.1) is 7.11 Å². The molecule has 1 aromatic carbocycles. The molecule has 1 aliphatic carbocycles. The number of benzene rings is 1. The van der Waals surface area contributed by atoms with Crippen LogP contribution in [0.1, 0.15) is 22.5 Å². The molecule has 2 aromatic rings. The Bertz CT molecular complexity index is 656. The quantitative estimate of drug-likeness (QED) is 0.838. The van der Waals surface area contributed by atoms with Gasteiger partial charge in [0.2, 0.25) is 0 Å². The summed E-state index contributed by atoms with van der Waals surface area (Å²) in [6.45, 7) is 0.482. The number of rotatable bonds is 6. The Morgan fingerprint density at radius 2 is 2.09 bits per heavy atom. The number of nitrogens with one attached hydrogen (secondary N) is 1. The number of nitrogens with two attached hydrogens (primary N) is 1. The van der Waals surface area contributed by atoms with Crippen molar-refractivity contribution in [2.24, 2.45) is 11.7 Å². The van der Waals surface area contributed by atoms with Crippen molar-refractivity contribution in [3.8, 4) is 16.2 Å². The molecular weight excluding hydrogens is 332 g/mol. The maximum atomic E-state index is 12.5. The molecule has 1 saturated carbocycles. The van der Waals surface area contributed by atoms with E-state index in [2.05, 4.69) is 5.32 Å². The molecule has 1 atom stereocenters. The molecule has 1 fully saturated rings. The van der Waals surface area contributed by atoms with E-state index in [1.54, 1.807) is 7.11 Å². The number of carbonyl (C=O) groups excluding carboxylic acids is 1. The van der Waals surface area contributed by atoms with Crippen molar-refractivity contribution < 1.29 is 9.53 Å². The topological polar surface area (TPSA) is 64.3 Å². The van der Waals surface area contributed by atoms with Gasteiger partial charge in [-0.3, -0.25) is 4.79 Å². The van der Waals surface area contributed by atoms with Gasteiger partial charge in [0.1, 0.15) is 10.6 Å². The van der Waals surface area contributed by atoms with Crippen molar-refractivity contribution in [1.29, 1.82) is 0 Å². The van der Waals surface area contributed by atoms with Gasteiger partial charge in [-0.05, 0) is 30.4 Å². The fourth-order valence-corrected chi connectivity index (χ4v) is 3.56. The highest BCUT2D eigenvalue weighted by Gasteiger charge is 2.32. The van der Waals surface area contributed by atoms with Crippen molar-refractivity contribution in [1.82, 2.24) is 5.32 Å². The summed E-state index contributed by atoms with van der Waals surface area (Å²) in [5, 5.41) is 3.05. The molecule has 0 aliphatic heterocycles. The number of methoxy groups -OCH3 is 1. The monoisotopic (exact) mass is 352 g/mol. The average Bonchev–Trinajstić information content (AvgIpc) is 3.31. The van der Waals surface area contributed by atoms with E-state index in [-0.39, 0.29) is 24.4 Å². The summed E-state index contributed by atoms with van der Waals surface area (Å²) in [5.74, 6) is 1.06. The molecular formula is C17H21ClN2O2S. The lowest BCUT2D eigenvalue weighted by atomic mass is 10.2. The predicted octanol–water partition coefficient (Wildman–Crippen LogP) is 3.31. The first-order chi connectivity index (χ1) is 10.7. The second kappa shape index (κ2) is 7.81. The lowest BCUT2D eigenvalue weighted by molar-refractivity contribution is 0.0935. The van der Waals surface area contributed by atoms with E-state index in [0.717, 1.165) is 23.3 Å². The normalized spacial score (nSPS) is 14.7. The van der Waals surface area contributed by atoms with Gasteiger partial charge >= 0.3 is 0 Å². The predicted molar refractivity (Wildman–Crippen MR) is 96.6 cm³/mol. The zero-order chi connectivity index (χ0) is 15.5. The van der Waals surface area contributed by atoms with Crippen molar-refractivity contribution in [3.63, 3.8) is 0 Å². The first-order valence-corrected chi connectivity index (χ1v) is 8.28. The Labute approximate surface area is 146 Å². The summed E-state index contributed by atoms with van der Waals surface area (Å²) in [4.78, 5) is 14.2. The van der Waals surface area contributed by atoms with Gasteiger partial charge in [-0.15, -0.1) is 23.7 Å². The zero-order valence-electron chi connectivity index (χ0n) is 13.0. The molecule has 23 heavy (non-hydrogen) atoms. The summed E-state index contributed by atoms with van der Waals surface area (Å²) in [5.41, 5.74) is 6.85. The fraction of sp³-hybridized carbons (Fsp3) is 0.353. The maximum absolute atomic E-state index is 12.5. The van der Waals surface area contributed by atoms with Crippen LogP contribution in [0.5, 0.6) is 5.75 Å². The number of halogens is 1. The molecule has 1 heterocycles. The van der Waals surface area contributed by atoms with Gasteiger partial charge in [0.15, 0.2) is 0 Å². The summed E-state index contributed by atoms with van der Waals surface area (Å²) < 4.78 is 5.38. The fourth-order valence-electron chi connectivity index (χ4n) is 2.53. The molecule has 1 aliphatic rings. The second-order valence-corrected chi connectivity index (χ2v) is 6.58. The first kappa shape index (κ1) is 17.8. The van der Waals surface area contributed by atoms with E-state index < -0.39 is 0 Å². The smallest absolute Gasteiger partial charge is 0.265 e. The molecule has 0 bridgehead atoms. The minimum absolute atomic E-state index is 0. The number of amides is 1. The minimum Gasteiger partial charge on any atom is -0.495 e. The Morgan fingerprint density at radius 3 is 2.65 bits per heavy atom. The van der Waals surface area contributed by atoms with Crippen molar-refractivity contribution in [2.75, 3.05) is 13.7 Å². The van der Waals surface area contributed by atoms with Crippen LogP contribution in [-0.2, 0) is 0 Å². The van der Waals surface area contributed by atoms with Crippen molar-refractivity contribution >= 4 is 29.7 Å². The highest BCUT2D eigenvalue weighted by atomic mass is 35.5. The Hall–Kier alpha value is -1.56. The van der Waals surface area contributed by atoms with Crippen LogP contribution < -0.4 is 15.8 Å². The molecule has 1 unspecified atom stereocenters. The van der Waals surface area contributed by atoms with Crippen LogP contribution in [0.3, 0.4) is 0 Å². The second-order valence-electron chi connectivity index (χ2n) is 5.53. The summed E-state index contributed by atoms with van der Waals surface area (Å²) in [6, 6.07) is 12.0. The Kier molecular flexibility index (Phi) is 6.04. The number of ether oxygens (including phenoxy) is 1. The van der Waals surface area contributed by atoms with Gasteiger partial charge in [-0.1, -0.05) is 30.3 Å². The number of thiophene rings is 1. The summed E-state index contributed by atoms with van der Waals surface area (Å²) in [7, 11) is 1.59. The van der Waals surface area contributed by atoms with Crippen LogP contribution >= 0.6 is 23.7 Å². The van der Waals surface area contributed by atoms with Crippen LogP contribution in [0.4, 0.5) is 0 Å². The van der Waals surface area contributed by atoms with Crippen LogP contribution in [0.2, 0.25) is 0 Å². The van der Waals surface area contributed by atoms with Gasteiger partial charge in [-0.25, -0.2) is 0 Å². The van der Waals surface area contributed by atoms with E-state index in [0.29, 0.717) is 23.1 Å². The van der Waals surface area contributed by atoms with E-state index in [9.17, 15) is 4.79 Å². The molecule has 0 spiro atoms. The highest BCUT2D eigenvalue weighted by molar-refractivity contribution is 7.17. The van der Waals surface area contributed by atoms with Crippen LogP contribution in [0, 0.1) is 5.92 Å². The first-order valence-electron chi connectivity index (χ1n) is 7.47. The van der Waals surface area contributed by atoms with E-state index in [4.69, 9.17) is 10.5 Å². The number of hydrogen-bond acceptors (Lipinski definition) is 4. The van der Waals surface area contributed by atoms with Crippen molar-refractivity contribution in [2.45, 2.75) is 18.9 Å². The number of carbonyl (C=O) groups is 1. The third-order valence-corrected chi connectivity index (χ3v) is 5.11. The zero-order valence-corrected chi connectivity index (χ0v) is 14.6. The van der Waals surface area contributed by atoms with Crippen LogP contribution in [0.25, 0.3) is 10.4 Å². The molecule has 1 aromatic heterocycles. The number of hydrogen-bond donors (Lipinski definition) is 2. The molecule has 124 valence electrons. The minimum atomic E-state index is -0.0913. The standard InChI is InChI=1S/C17H20N2O2S.ClH/c1-21-14-9-15(12-5-3-2-4-6-12)22-16(14)17(20)19-13(10-18)11-7-8-11;/h2-6,9,11,13H,7-8,10,18H2,1H3,(H,19,20);1H. The molecule has 0 saturated heterocycles. The van der Waals surface area contributed by atoms with Gasteiger partial charge in [0.25, 0.3) is 5.91 Å². The van der Waals surface area contributed by atoms with Crippen LogP contribution in [0.15, 0.2) is 36.4 Å². The van der Waals surface area contributed by atoms with Gasteiger partial charge in [0, 0.05) is 17.5 Å². The highest BCUT2D eigenvalue weighted by Crippen LogP contribution is 2.37. The summed E-state index contributed by atoms with van der Waals surface area (Å²) in [6.07, 6.45) is 2.30. The Morgan fingerprint density at radius 1 is 1.39 bits per heavy atom. The lowest BCUT2D eigenvalue weighted by Crippen LogP contribution is -2.41. The summed E-state index contributed by atoms with van der Waals surface area (Å²) >= 11 is 1.45. The van der Waals surface area contributed by atoms with Gasteiger partial charge in [-0.2, -0.15) is 0 Å². The third-order valence-electron chi connectivity index (χ3n) is 3.94. The average molecular weight is 353 g/mol.